The molecular formula is C19H17N3O2. The molecule has 1 amide bonds. The van der Waals surface area contributed by atoms with Crippen molar-refractivity contribution < 1.29 is 9.90 Å². The predicted octanol–water partition coefficient (Wildman–Crippen LogP) is 2.93. The zero-order valence-corrected chi connectivity index (χ0v) is 13.0. The number of anilines is 1. The first kappa shape index (κ1) is 15.8. The van der Waals surface area contributed by atoms with E-state index in [4.69, 9.17) is 5.11 Å². The molecule has 5 heteroatoms. The average Bonchev–Trinajstić information content (AvgIpc) is 2.64. The van der Waals surface area contributed by atoms with Gasteiger partial charge in [-0.2, -0.15) is 0 Å². The summed E-state index contributed by atoms with van der Waals surface area (Å²) in [5.74, 6) is 0.324. The Morgan fingerprint density at radius 3 is 2.25 bits per heavy atom. The predicted molar refractivity (Wildman–Crippen MR) is 92.7 cm³/mol. The Morgan fingerprint density at radius 2 is 1.62 bits per heavy atom. The lowest BCUT2D eigenvalue weighted by Gasteiger charge is -2.06. The van der Waals surface area contributed by atoms with E-state index in [1.165, 1.54) is 12.4 Å². The molecule has 0 unspecified atom stereocenters. The van der Waals surface area contributed by atoms with E-state index in [9.17, 15) is 4.79 Å². The van der Waals surface area contributed by atoms with E-state index in [1.807, 2.05) is 54.6 Å². The number of benzene rings is 2. The van der Waals surface area contributed by atoms with Gasteiger partial charge in [-0.25, -0.2) is 9.97 Å². The molecule has 0 aliphatic heterocycles. The molecule has 0 atom stereocenters. The Balaban J connectivity index is 1.69. The van der Waals surface area contributed by atoms with Crippen LogP contribution < -0.4 is 5.32 Å². The van der Waals surface area contributed by atoms with Crippen molar-refractivity contribution in [1.29, 1.82) is 0 Å². The van der Waals surface area contributed by atoms with Gasteiger partial charge < -0.3 is 10.4 Å². The summed E-state index contributed by atoms with van der Waals surface area (Å²) in [7, 11) is 0. The van der Waals surface area contributed by atoms with Crippen LogP contribution in [0, 0.1) is 0 Å². The van der Waals surface area contributed by atoms with E-state index in [0.29, 0.717) is 23.5 Å². The molecule has 0 fully saturated rings. The minimum absolute atomic E-state index is 0.108. The molecule has 24 heavy (non-hydrogen) atoms. The fourth-order valence-corrected chi connectivity index (χ4v) is 2.27. The second kappa shape index (κ2) is 7.48. The Bertz CT molecular complexity index is 800. The Labute approximate surface area is 140 Å². The summed E-state index contributed by atoms with van der Waals surface area (Å²) in [4.78, 5) is 20.7. The molecule has 1 heterocycles. The van der Waals surface area contributed by atoms with Crippen molar-refractivity contribution in [2.45, 2.75) is 6.42 Å². The number of carbonyl (C=O) groups excluding carboxylic acids is 1. The lowest BCUT2D eigenvalue weighted by atomic mass is 10.1. The first-order valence-corrected chi connectivity index (χ1v) is 7.65. The van der Waals surface area contributed by atoms with Crippen LogP contribution in [-0.2, 0) is 6.42 Å². The van der Waals surface area contributed by atoms with Crippen molar-refractivity contribution in [3.63, 3.8) is 0 Å². The van der Waals surface area contributed by atoms with Gasteiger partial charge in [-0.05, 0) is 24.1 Å². The minimum Gasteiger partial charge on any atom is -0.396 e. The molecule has 0 aliphatic carbocycles. The third-order valence-electron chi connectivity index (χ3n) is 3.56. The number of aromatic nitrogens is 2. The number of nitrogens with zero attached hydrogens (tertiary/aromatic N) is 2. The van der Waals surface area contributed by atoms with Crippen molar-refractivity contribution in [2.75, 3.05) is 11.9 Å². The number of amides is 1. The molecule has 3 rings (SSSR count). The van der Waals surface area contributed by atoms with Gasteiger partial charge in [0.1, 0.15) is 0 Å². The molecule has 5 nitrogen and oxygen atoms in total. The summed E-state index contributed by atoms with van der Waals surface area (Å²) >= 11 is 0. The van der Waals surface area contributed by atoms with Gasteiger partial charge in [0, 0.05) is 30.3 Å². The van der Waals surface area contributed by atoms with Crippen molar-refractivity contribution >= 4 is 11.6 Å². The van der Waals surface area contributed by atoms with Crippen LogP contribution in [0.15, 0.2) is 67.0 Å². The van der Waals surface area contributed by atoms with E-state index in [2.05, 4.69) is 15.3 Å². The highest BCUT2D eigenvalue weighted by atomic mass is 16.2. The summed E-state index contributed by atoms with van der Waals surface area (Å²) in [6.07, 6.45) is 3.64. The standard InChI is InChI=1S/C19H17N3O2/c23-11-10-14-6-8-17(9-7-14)22-19(24)16-12-20-18(21-13-16)15-4-2-1-3-5-15/h1-9,12-13,23H,10-11H2,(H,22,24). The molecule has 0 spiro atoms. The number of hydrogen-bond donors (Lipinski definition) is 2. The Hall–Kier alpha value is -3.05. The molecule has 0 saturated heterocycles. The van der Waals surface area contributed by atoms with Crippen LogP contribution in [0.1, 0.15) is 15.9 Å². The zero-order valence-electron chi connectivity index (χ0n) is 13.0. The minimum atomic E-state index is -0.260. The van der Waals surface area contributed by atoms with Crippen molar-refractivity contribution in [3.8, 4) is 11.4 Å². The van der Waals surface area contributed by atoms with E-state index in [0.717, 1.165) is 11.1 Å². The van der Waals surface area contributed by atoms with Crippen LogP contribution in [0.25, 0.3) is 11.4 Å². The van der Waals surface area contributed by atoms with Crippen LogP contribution in [0.2, 0.25) is 0 Å². The maximum Gasteiger partial charge on any atom is 0.258 e. The van der Waals surface area contributed by atoms with E-state index in [1.54, 1.807) is 0 Å². The molecule has 2 aromatic carbocycles. The summed E-state index contributed by atoms with van der Waals surface area (Å²) in [6, 6.07) is 17.0. The van der Waals surface area contributed by atoms with Crippen LogP contribution in [0.5, 0.6) is 0 Å². The Kier molecular flexibility index (Phi) is 4.93. The SMILES string of the molecule is O=C(Nc1ccc(CCO)cc1)c1cnc(-c2ccccc2)nc1. The number of aliphatic hydroxyl groups excluding tert-OH is 1. The van der Waals surface area contributed by atoms with Crippen molar-refractivity contribution in [1.82, 2.24) is 9.97 Å². The van der Waals surface area contributed by atoms with Gasteiger partial charge in [-0.3, -0.25) is 4.79 Å². The molecule has 3 aromatic rings. The number of hydrogen-bond acceptors (Lipinski definition) is 4. The second-order valence-electron chi connectivity index (χ2n) is 5.29. The molecule has 2 N–H and O–H groups in total. The summed E-state index contributed by atoms with van der Waals surface area (Å²) in [6.45, 7) is 0.108. The second-order valence-corrected chi connectivity index (χ2v) is 5.29. The zero-order chi connectivity index (χ0) is 16.8. The molecular weight excluding hydrogens is 302 g/mol. The normalized spacial score (nSPS) is 10.4. The van der Waals surface area contributed by atoms with Gasteiger partial charge in [0.25, 0.3) is 5.91 Å². The van der Waals surface area contributed by atoms with Gasteiger partial charge in [0.05, 0.1) is 5.56 Å². The van der Waals surface area contributed by atoms with Gasteiger partial charge in [0.15, 0.2) is 5.82 Å². The average molecular weight is 319 g/mol. The van der Waals surface area contributed by atoms with E-state index < -0.39 is 0 Å². The number of aliphatic hydroxyl groups is 1. The molecule has 120 valence electrons. The van der Waals surface area contributed by atoms with Crippen LogP contribution in [0.4, 0.5) is 5.69 Å². The fraction of sp³-hybridized carbons (Fsp3) is 0.105. The third kappa shape index (κ3) is 3.83. The number of rotatable bonds is 5. The smallest absolute Gasteiger partial charge is 0.258 e. The molecule has 0 aliphatic rings. The van der Waals surface area contributed by atoms with Gasteiger partial charge in [0.2, 0.25) is 0 Å². The molecule has 0 radical (unpaired) electrons. The number of nitrogens with one attached hydrogen (secondary N) is 1. The highest BCUT2D eigenvalue weighted by Gasteiger charge is 2.08. The topological polar surface area (TPSA) is 75.1 Å². The fourth-order valence-electron chi connectivity index (χ4n) is 2.27. The van der Waals surface area contributed by atoms with Gasteiger partial charge in [-0.1, -0.05) is 42.5 Å². The van der Waals surface area contributed by atoms with Gasteiger partial charge in [-0.15, -0.1) is 0 Å². The van der Waals surface area contributed by atoms with Gasteiger partial charge >= 0.3 is 0 Å². The van der Waals surface area contributed by atoms with E-state index in [-0.39, 0.29) is 12.5 Å². The first-order valence-electron chi connectivity index (χ1n) is 7.65. The maximum absolute atomic E-state index is 12.2. The lowest BCUT2D eigenvalue weighted by molar-refractivity contribution is 0.102. The molecule has 0 saturated carbocycles. The van der Waals surface area contributed by atoms with Crippen LogP contribution in [-0.4, -0.2) is 27.6 Å². The highest BCUT2D eigenvalue weighted by Crippen LogP contribution is 2.15. The molecule has 1 aromatic heterocycles. The maximum atomic E-state index is 12.2. The summed E-state index contributed by atoms with van der Waals surface area (Å²) in [5, 5.41) is 11.7. The first-order chi connectivity index (χ1) is 11.8. The van der Waals surface area contributed by atoms with Crippen LogP contribution in [0.3, 0.4) is 0 Å². The monoisotopic (exact) mass is 319 g/mol. The van der Waals surface area contributed by atoms with E-state index >= 15 is 0 Å². The third-order valence-corrected chi connectivity index (χ3v) is 3.56. The van der Waals surface area contributed by atoms with Crippen LogP contribution >= 0.6 is 0 Å². The largest absolute Gasteiger partial charge is 0.396 e. The van der Waals surface area contributed by atoms with Crippen molar-refractivity contribution in [3.05, 3.63) is 78.1 Å². The number of carbonyl (C=O) groups is 1. The Morgan fingerprint density at radius 1 is 0.958 bits per heavy atom. The van der Waals surface area contributed by atoms with Crippen molar-refractivity contribution in [2.24, 2.45) is 0 Å². The quantitative estimate of drug-likeness (QED) is 0.758. The highest BCUT2D eigenvalue weighted by molar-refractivity contribution is 6.03. The summed E-state index contributed by atoms with van der Waals surface area (Å²) in [5.41, 5.74) is 3.01. The molecule has 0 bridgehead atoms. The summed E-state index contributed by atoms with van der Waals surface area (Å²) < 4.78 is 0. The lowest BCUT2D eigenvalue weighted by Crippen LogP contribution is -2.12.